The molecule has 1 aromatic heterocycles. The number of likely N-dealkylation sites (N-methyl/N-ethyl adjacent to an activating group) is 1. The Morgan fingerprint density at radius 3 is 2.65 bits per heavy atom. The Bertz CT molecular complexity index is 298. The monoisotopic (exact) mass is 235 g/mol. The molecule has 3 heteroatoms. The summed E-state index contributed by atoms with van der Waals surface area (Å²) in [4.78, 5) is 6.65. The third kappa shape index (κ3) is 4.10. The highest BCUT2D eigenvalue weighted by molar-refractivity contribution is 5.16. The number of hydrogen-bond donors (Lipinski definition) is 1. The minimum Gasteiger partial charge on any atom is -0.326 e. The van der Waals surface area contributed by atoms with Gasteiger partial charge >= 0.3 is 0 Å². The highest BCUT2D eigenvalue weighted by atomic mass is 15.2. The summed E-state index contributed by atoms with van der Waals surface area (Å²) in [5.41, 5.74) is 7.37. The average Bonchev–Trinajstić information content (AvgIpc) is 2.35. The SMILES string of the molecule is CCCCN(CC)C(c1cccnc1)C(C)N. The number of nitrogens with two attached hydrogens (primary N) is 1. The van der Waals surface area contributed by atoms with E-state index in [-0.39, 0.29) is 12.1 Å². The van der Waals surface area contributed by atoms with E-state index < -0.39 is 0 Å². The van der Waals surface area contributed by atoms with Crippen molar-refractivity contribution < 1.29 is 0 Å². The van der Waals surface area contributed by atoms with Crippen LogP contribution in [0.2, 0.25) is 0 Å². The van der Waals surface area contributed by atoms with Crippen molar-refractivity contribution in [2.24, 2.45) is 5.73 Å². The molecule has 0 bridgehead atoms. The first-order chi connectivity index (χ1) is 8.20. The normalized spacial score (nSPS) is 14.9. The lowest BCUT2D eigenvalue weighted by atomic mass is 10.0. The Hall–Kier alpha value is -0.930. The molecule has 17 heavy (non-hydrogen) atoms. The highest BCUT2D eigenvalue weighted by Gasteiger charge is 2.22. The second-order valence-corrected chi connectivity index (χ2v) is 4.57. The first kappa shape index (κ1) is 14.1. The van der Waals surface area contributed by atoms with Gasteiger partial charge in [-0.2, -0.15) is 0 Å². The second kappa shape index (κ2) is 7.41. The van der Waals surface area contributed by atoms with E-state index in [4.69, 9.17) is 5.73 Å². The molecule has 2 unspecified atom stereocenters. The largest absolute Gasteiger partial charge is 0.326 e. The molecule has 0 aromatic carbocycles. The molecular formula is C14H25N3. The van der Waals surface area contributed by atoms with E-state index in [1.165, 1.54) is 18.4 Å². The summed E-state index contributed by atoms with van der Waals surface area (Å²) in [7, 11) is 0. The average molecular weight is 235 g/mol. The molecule has 0 saturated heterocycles. The van der Waals surface area contributed by atoms with Crippen LogP contribution in [0.1, 0.15) is 45.2 Å². The Kier molecular flexibility index (Phi) is 6.16. The first-order valence-electron chi connectivity index (χ1n) is 6.60. The van der Waals surface area contributed by atoms with Gasteiger partial charge in [-0.1, -0.05) is 26.3 Å². The van der Waals surface area contributed by atoms with Crippen molar-refractivity contribution in [3.63, 3.8) is 0 Å². The zero-order valence-corrected chi connectivity index (χ0v) is 11.3. The van der Waals surface area contributed by atoms with Crippen molar-refractivity contribution in [1.82, 2.24) is 9.88 Å². The molecule has 0 radical (unpaired) electrons. The van der Waals surface area contributed by atoms with Gasteiger partial charge < -0.3 is 5.73 Å². The zero-order valence-electron chi connectivity index (χ0n) is 11.3. The van der Waals surface area contributed by atoms with Gasteiger partial charge in [-0.05, 0) is 38.1 Å². The lowest BCUT2D eigenvalue weighted by Gasteiger charge is -2.33. The summed E-state index contributed by atoms with van der Waals surface area (Å²) in [6.07, 6.45) is 6.18. The van der Waals surface area contributed by atoms with Gasteiger partial charge in [0.2, 0.25) is 0 Å². The first-order valence-corrected chi connectivity index (χ1v) is 6.60. The van der Waals surface area contributed by atoms with Crippen molar-refractivity contribution in [1.29, 1.82) is 0 Å². The number of hydrogen-bond acceptors (Lipinski definition) is 3. The fraction of sp³-hybridized carbons (Fsp3) is 0.643. The molecule has 0 aliphatic carbocycles. The van der Waals surface area contributed by atoms with Gasteiger partial charge in [0, 0.05) is 18.4 Å². The van der Waals surface area contributed by atoms with E-state index in [1.54, 1.807) is 0 Å². The van der Waals surface area contributed by atoms with E-state index in [1.807, 2.05) is 18.5 Å². The summed E-state index contributed by atoms with van der Waals surface area (Å²) in [5.74, 6) is 0. The van der Waals surface area contributed by atoms with Crippen LogP contribution in [0.5, 0.6) is 0 Å². The number of aromatic nitrogens is 1. The summed E-state index contributed by atoms with van der Waals surface area (Å²) >= 11 is 0. The summed E-state index contributed by atoms with van der Waals surface area (Å²) in [6, 6.07) is 4.50. The Morgan fingerprint density at radius 2 is 2.18 bits per heavy atom. The molecule has 0 aliphatic heterocycles. The number of pyridine rings is 1. The van der Waals surface area contributed by atoms with Crippen molar-refractivity contribution in [3.05, 3.63) is 30.1 Å². The molecule has 0 spiro atoms. The van der Waals surface area contributed by atoms with Crippen molar-refractivity contribution >= 4 is 0 Å². The van der Waals surface area contributed by atoms with Crippen LogP contribution in [-0.2, 0) is 0 Å². The third-order valence-corrected chi connectivity index (χ3v) is 3.12. The van der Waals surface area contributed by atoms with Gasteiger partial charge in [0.25, 0.3) is 0 Å². The third-order valence-electron chi connectivity index (χ3n) is 3.12. The number of unbranched alkanes of at least 4 members (excludes halogenated alkanes) is 1. The smallest absolute Gasteiger partial charge is 0.0511 e. The summed E-state index contributed by atoms with van der Waals surface area (Å²) in [5, 5.41) is 0. The van der Waals surface area contributed by atoms with E-state index in [9.17, 15) is 0 Å². The maximum Gasteiger partial charge on any atom is 0.0511 e. The van der Waals surface area contributed by atoms with Gasteiger partial charge in [0.05, 0.1) is 6.04 Å². The predicted molar refractivity (Wildman–Crippen MR) is 72.8 cm³/mol. The van der Waals surface area contributed by atoms with Gasteiger partial charge in [-0.15, -0.1) is 0 Å². The molecule has 1 heterocycles. The topological polar surface area (TPSA) is 42.2 Å². The lowest BCUT2D eigenvalue weighted by Crippen LogP contribution is -2.40. The van der Waals surface area contributed by atoms with Gasteiger partial charge in [-0.25, -0.2) is 0 Å². The van der Waals surface area contributed by atoms with Crippen molar-refractivity contribution in [3.8, 4) is 0 Å². The molecule has 0 aliphatic rings. The fourth-order valence-corrected chi connectivity index (χ4v) is 2.25. The van der Waals surface area contributed by atoms with Crippen LogP contribution in [0.3, 0.4) is 0 Å². The zero-order chi connectivity index (χ0) is 12.7. The molecule has 2 atom stereocenters. The van der Waals surface area contributed by atoms with Crippen molar-refractivity contribution in [2.75, 3.05) is 13.1 Å². The standard InChI is InChI=1S/C14H25N3/c1-4-6-10-17(5-2)14(12(3)15)13-8-7-9-16-11-13/h7-9,11-12,14H,4-6,10,15H2,1-3H3. The summed E-state index contributed by atoms with van der Waals surface area (Å²) in [6.45, 7) is 8.63. The summed E-state index contributed by atoms with van der Waals surface area (Å²) < 4.78 is 0. The van der Waals surface area contributed by atoms with E-state index in [0.29, 0.717) is 0 Å². The molecular weight excluding hydrogens is 210 g/mol. The molecule has 2 N–H and O–H groups in total. The van der Waals surface area contributed by atoms with Crippen LogP contribution in [0, 0.1) is 0 Å². The quantitative estimate of drug-likeness (QED) is 0.790. The molecule has 0 fully saturated rings. The fourth-order valence-electron chi connectivity index (χ4n) is 2.25. The van der Waals surface area contributed by atoms with Crippen LogP contribution in [0.4, 0.5) is 0 Å². The van der Waals surface area contributed by atoms with E-state index in [2.05, 4.69) is 36.7 Å². The van der Waals surface area contributed by atoms with Gasteiger partial charge in [0.15, 0.2) is 0 Å². The highest BCUT2D eigenvalue weighted by Crippen LogP contribution is 2.22. The Labute approximate surface area is 105 Å². The van der Waals surface area contributed by atoms with Gasteiger partial charge in [-0.3, -0.25) is 9.88 Å². The van der Waals surface area contributed by atoms with Crippen LogP contribution < -0.4 is 5.73 Å². The van der Waals surface area contributed by atoms with Crippen LogP contribution >= 0.6 is 0 Å². The van der Waals surface area contributed by atoms with E-state index in [0.717, 1.165) is 13.1 Å². The van der Waals surface area contributed by atoms with Crippen LogP contribution in [0.25, 0.3) is 0 Å². The molecule has 0 saturated carbocycles. The molecule has 1 aromatic rings. The molecule has 3 nitrogen and oxygen atoms in total. The molecule has 96 valence electrons. The molecule has 1 rings (SSSR count). The maximum atomic E-state index is 6.15. The molecule has 0 amide bonds. The number of rotatable bonds is 7. The Morgan fingerprint density at radius 1 is 1.41 bits per heavy atom. The second-order valence-electron chi connectivity index (χ2n) is 4.57. The predicted octanol–water partition coefficient (Wildman–Crippen LogP) is 2.59. The van der Waals surface area contributed by atoms with Crippen molar-refractivity contribution in [2.45, 2.75) is 45.7 Å². The lowest BCUT2D eigenvalue weighted by molar-refractivity contribution is 0.182. The maximum absolute atomic E-state index is 6.15. The minimum atomic E-state index is 0.121. The van der Waals surface area contributed by atoms with Gasteiger partial charge in [0.1, 0.15) is 0 Å². The Balaban J connectivity index is 2.83. The van der Waals surface area contributed by atoms with Crippen LogP contribution in [-0.4, -0.2) is 29.0 Å². The van der Waals surface area contributed by atoms with Crippen LogP contribution in [0.15, 0.2) is 24.5 Å². The number of nitrogens with zero attached hydrogens (tertiary/aromatic N) is 2. The van der Waals surface area contributed by atoms with E-state index >= 15 is 0 Å². The minimum absolute atomic E-state index is 0.121.